The van der Waals surface area contributed by atoms with Crippen molar-refractivity contribution in [1.29, 1.82) is 0 Å². The highest BCUT2D eigenvalue weighted by atomic mass is 28.4. The molecule has 0 N–H and O–H groups in total. The summed E-state index contributed by atoms with van der Waals surface area (Å²) >= 11 is 0. The molecule has 2 saturated heterocycles. The summed E-state index contributed by atoms with van der Waals surface area (Å²) in [6.07, 6.45) is -0.332. The molecule has 9 nitrogen and oxygen atoms in total. The summed E-state index contributed by atoms with van der Waals surface area (Å²) < 4.78 is 52.7. The zero-order valence-corrected chi connectivity index (χ0v) is 45.6. The number of allylic oxidation sites excluding steroid dienone is 1. The van der Waals surface area contributed by atoms with Crippen molar-refractivity contribution < 1.29 is 41.8 Å². The summed E-state index contributed by atoms with van der Waals surface area (Å²) in [5.41, 5.74) is 3.39. The maximum Gasteiger partial charge on any atom is 0.193 e. The maximum absolute atomic E-state index is 14.2. The molecule has 0 aliphatic carbocycles. The van der Waals surface area contributed by atoms with Crippen molar-refractivity contribution in [3.05, 3.63) is 66.3 Å². The summed E-state index contributed by atoms with van der Waals surface area (Å²) in [5, 5.41) is -0.113. The third-order valence-corrected chi connectivity index (χ3v) is 27.8. The predicted molar refractivity (Wildman–Crippen MR) is 262 cm³/mol. The Balaban J connectivity index is 1.88. The van der Waals surface area contributed by atoms with E-state index in [4.69, 9.17) is 43.5 Å². The first kappa shape index (κ1) is 54.6. The van der Waals surface area contributed by atoms with Gasteiger partial charge in [-0.1, -0.05) is 101 Å². The van der Waals surface area contributed by atoms with Gasteiger partial charge in [0.15, 0.2) is 36.5 Å². The number of methoxy groups -OCH3 is 1. The summed E-state index contributed by atoms with van der Waals surface area (Å²) in [6, 6.07) is 7.90. The zero-order chi connectivity index (χ0) is 47.4. The van der Waals surface area contributed by atoms with E-state index in [1.807, 2.05) is 38.1 Å². The SMILES string of the molecule is C=C(CC[C@@H](COCc1ccc(OC)cc1)O[Si](C)(C)C(C)(C)C)C(=O)C[C@H](C)C(=C)[C@H](O[Si](C)(C)C(C)(C)C)[C@H]1O[C@@H]([C@@H]2COC(C)(C)O2)C(=C)C[C@@H]1O[Si](C)(C)C(C)(C)C. The van der Waals surface area contributed by atoms with Crippen LogP contribution in [0, 0.1) is 5.92 Å². The Labute approximate surface area is 381 Å². The van der Waals surface area contributed by atoms with Gasteiger partial charge >= 0.3 is 0 Å². The molecule has 0 aromatic heterocycles. The molecular formula is C50H88O9Si3. The molecule has 354 valence electrons. The van der Waals surface area contributed by atoms with Crippen LogP contribution in [0.3, 0.4) is 0 Å². The second kappa shape index (κ2) is 20.8. The Morgan fingerprint density at radius 1 is 0.871 bits per heavy atom. The lowest BCUT2D eigenvalue weighted by Gasteiger charge is -2.50. The van der Waals surface area contributed by atoms with Crippen LogP contribution in [0.15, 0.2) is 60.7 Å². The first-order valence-corrected chi connectivity index (χ1v) is 31.6. The van der Waals surface area contributed by atoms with E-state index in [0.29, 0.717) is 44.7 Å². The van der Waals surface area contributed by atoms with Gasteiger partial charge in [0.05, 0.1) is 45.2 Å². The van der Waals surface area contributed by atoms with E-state index in [-0.39, 0.29) is 51.5 Å². The van der Waals surface area contributed by atoms with Crippen molar-refractivity contribution in [2.75, 3.05) is 20.3 Å². The molecule has 1 aromatic carbocycles. The van der Waals surface area contributed by atoms with Crippen molar-refractivity contribution in [3.8, 4) is 5.75 Å². The van der Waals surface area contributed by atoms with Gasteiger partial charge in [0.2, 0.25) is 0 Å². The minimum atomic E-state index is -2.43. The maximum atomic E-state index is 14.2. The van der Waals surface area contributed by atoms with E-state index >= 15 is 0 Å². The van der Waals surface area contributed by atoms with Crippen LogP contribution in [0.5, 0.6) is 5.75 Å². The van der Waals surface area contributed by atoms with Gasteiger partial charge in [0.1, 0.15) is 24.1 Å². The zero-order valence-electron chi connectivity index (χ0n) is 42.6. The highest BCUT2D eigenvalue weighted by Gasteiger charge is 2.52. The number of ketones is 1. The average Bonchev–Trinajstić information content (AvgIpc) is 3.49. The van der Waals surface area contributed by atoms with Crippen LogP contribution in [0.1, 0.15) is 114 Å². The predicted octanol–water partition coefficient (Wildman–Crippen LogP) is 12.7. The van der Waals surface area contributed by atoms with E-state index < -0.39 is 49.1 Å². The molecule has 12 heteroatoms. The van der Waals surface area contributed by atoms with E-state index in [9.17, 15) is 4.79 Å². The van der Waals surface area contributed by atoms with Gasteiger partial charge < -0.3 is 37.0 Å². The molecule has 62 heavy (non-hydrogen) atoms. The van der Waals surface area contributed by atoms with Gasteiger partial charge in [0, 0.05) is 6.42 Å². The molecule has 0 saturated carbocycles. The van der Waals surface area contributed by atoms with Crippen LogP contribution in [-0.4, -0.2) is 93.5 Å². The minimum absolute atomic E-state index is 0.0126. The summed E-state index contributed by atoms with van der Waals surface area (Å²) in [6.45, 7) is 54.5. The lowest BCUT2D eigenvalue weighted by atomic mass is 9.84. The number of Topliss-reactive ketones (excluding diaryl/α,β-unsaturated/α-hetero) is 1. The molecule has 3 rings (SSSR count). The van der Waals surface area contributed by atoms with E-state index in [0.717, 1.165) is 22.5 Å². The van der Waals surface area contributed by atoms with Crippen LogP contribution >= 0.6 is 0 Å². The van der Waals surface area contributed by atoms with Crippen LogP contribution in [-0.2, 0) is 43.6 Å². The summed E-state index contributed by atoms with van der Waals surface area (Å²) in [4.78, 5) is 14.2. The van der Waals surface area contributed by atoms with Gasteiger partial charge in [-0.05, 0) is 128 Å². The second-order valence-corrected chi connectivity index (χ2v) is 37.3. The topological polar surface area (TPSA) is 90.9 Å². The fourth-order valence-electron chi connectivity index (χ4n) is 6.95. The highest BCUT2D eigenvalue weighted by Crippen LogP contribution is 2.46. The number of carbonyl (C=O) groups excluding carboxylic acids is 1. The van der Waals surface area contributed by atoms with Gasteiger partial charge in [-0.15, -0.1) is 0 Å². The summed E-state index contributed by atoms with van der Waals surface area (Å²) in [5.74, 6) is -0.133. The quantitative estimate of drug-likeness (QED) is 0.0679. The first-order valence-electron chi connectivity index (χ1n) is 22.9. The van der Waals surface area contributed by atoms with Gasteiger partial charge in [-0.3, -0.25) is 4.79 Å². The third kappa shape index (κ3) is 14.6. The molecule has 7 atom stereocenters. The van der Waals surface area contributed by atoms with Gasteiger partial charge in [-0.2, -0.15) is 0 Å². The smallest absolute Gasteiger partial charge is 0.193 e. The van der Waals surface area contributed by atoms with Crippen LogP contribution in [0.2, 0.25) is 54.4 Å². The van der Waals surface area contributed by atoms with E-state index in [1.165, 1.54) is 0 Å². The van der Waals surface area contributed by atoms with E-state index in [2.05, 4.69) is 122 Å². The number of rotatable bonds is 21. The standard InChI is InChI=1S/C50H88O9Si3/c1-34(23-26-40(57-60(17,18)47(5,6)7)32-53-31-38-24-27-39(52-16)28-25-38)41(51)29-35(2)37(4)45(59-62(21,22)49(11,12)13)46-42(58-61(19,20)48(8,9)10)30-36(3)44(55-46)43-33-54-50(14,15)56-43/h24-25,27-28,35,40,42-46H,1,3-4,23,26,29-33H2,2,5-22H3/t35-,40-,42-,43-,44+,45-,46-/m0/s1. The fourth-order valence-corrected chi connectivity index (χ4v) is 10.9. The van der Waals surface area contributed by atoms with Crippen molar-refractivity contribution >= 4 is 30.7 Å². The first-order chi connectivity index (χ1) is 28.1. The molecule has 2 heterocycles. The lowest BCUT2D eigenvalue weighted by molar-refractivity contribution is -0.181. The van der Waals surface area contributed by atoms with Crippen LogP contribution < -0.4 is 4.74 Å². The molecule has 1 aromatic rings. The minimum Gasteiger partial charge on any atom is -0.497 e. The molecule has 2 fully saturated rings. The van der Waals surface area contributed by atoms with Gasteiger partial charge in [-0.25, -0.2) is 0 Å². The fraction of sp³-hybridized carbons (Fsp3) is 0.740. The number of hydrogen-bond acceptors (Lipinski definition) is 9. The second-order valence-electron chi connectivity index (χ2n) is 23.1. The van der Waals surface area contributed by atoms with Crippen molar-refractivity contribution in [3.63, 3.8) is 0 Å². The Morgan fingerprint density at radius 3 is 1.92 bits per heavy atom. The largest absolute Gasteiger partial charge is 0.497 e. The molecule has 0 spiro atoms. The normalized spacial score (nSPS) is 23.2. The molecular weight excluding hydrogens is 829 g/mol. The van der Waals surface area contributed by atoms with Crippen LogP contribution in [0.25, 0.3) is 0 Å². The molecule has 0 bridgehead atoms. The molecule has 0 amide bonds. The average molecular weight is 918 g/mol. The highest BCUT2D eigenvalue weighted by molar-refractivity contribution is 6.75. The lowest BCUT2D eigenvalue weighted by Crippen LogP contribution is -2.59. The van der Waals surface area contributed by atoms with Gasteiger partial charge in [0.25, 0.3) is 0 Å². The van der Waals surface area contributed by atoms with Crippen molar-refractivity contribution in [2.45, 2.75) is 212 Å². The van der Waals surface area contributed by atoms with E-state index in [1.54, 1.807) is 7.11 Å². The third-order valence-electron chi connectivity index (χ3n) is 14.3. The molecule has 2 aliphatic heterocycles. The molecule has 2 aliphatic rings. The number of hydrogen-bond donors (Lipinski definition) is 0. The Morgan fingerprint density at radius 2 is 1.42 bits per heavy atom. The van der Waals surface area contributed by atoms with Crippen molar-refractivity contribution in [2.24, 2.45) is 5.92 Å². The van der Waals surface area contributed by atoms with Crippen molar-refractivity contribution in [1.82, 2.24) is 0 Å². The molecule has 0 unspecified atom stereocenters. The Hall–Kier alpha value is -1.72. The Kier molecular flexibility index (Phi) is 18.4. The number of carbonyl (C=O) groups is 1. The number of ether oxygens (including phenoxy) is 5. The number of benzene rings is 1. The molecule has 0 radical (unpaired) electrons. The Bertz CT molecular complexity index is 1680. The van der Waals surface area contributed by atoms with Crippen LogP contribution in [0.4, 0.5) is 0 Å². The monoisotopic (exact) mass is 917 g/mol. The summed E-state index contributed by atoms with van der Waals surface area (Å²) in [7, 11) is -5.21.